The molecule has 0 saturated heterocycles. The molecule has 3 rings (SSSR count). The molecule has 0 bridgehead atoms. The summed E-state index contributed by atoms with van der Waals surface area (Å²) in [5.74, 6) is -1.68. The Morgan fingerprint density at radius 1 is 1.00 bits per heavy atom. The van der Waals surface area contributed by atoms with Crippen LogP contribution < -0.4 is 9.62 Å². The molecule has 0 aliphatic rings. The van der Waals surface area contributed by atoms with Crippen LogP contribution >= 0.6 is 11.6 Å². The van der Waals surface area contributed by atoms with Gasteiger partial charge in [0, 0.05) is 22.7 Å². The summed E-state index contributed by atoms with van der Waals surface area (Å²) >= 11 is 6.24. The Kier molecular flexibility index (Phi) is 9.64. The highest BCUT2D eigenvalue weighted by atomic mass is 35.5. The zero-order valence-corrected chi connectivity index (χ0v) is 25.1. The summed E-state index contributed by atoms with van der Waals surface area (Å²) in [4.78, 5) is 28.3. The van der Waals surface area contributed by atoms with Crippen molar-refractivity contribution < 1.29 is 22.4 Å². The van der Waals surface area contributed by atoms with Crippen LogP contribution in [0.4, 0.5) is 10.1 Å². The molecule has 10 heteroatoms. The zero-order chi connectivity index (χ0) is 29.8. The molecular formula is C30H35ClFN3O4S. The first kappa shape index (κ1) is 31.1. The molecule has 0 spiro atoms. The van der Waals surface area contributed by atoms with E-state index >= 15 is 0 Å². The molecule has 0 aromatic heterocycles. The monoisotopic (exact) mass is 587 g/mol. The van der Waals surface area contributed by atoms with E-state index in [9.17, 15) is 22.4 Å². The molecule has 1 N–H and O–H groups in total. The van der Waals surface area contributed by atoms with Crippen LogP contribution in [-0.2, 0) is 26.2 Å². The number of nitrogens with zero attached hydrogens (tertiary/aromatic N) is 2. The average molecular weight is 588 g/mol. The van der Waals surface area contributed by atoms with Crippen LogP contribution in [0.1, 0.15) is 44.4 Å². The topological polar surface area (TPSA) is 86.8 Å². The highest BCUT2D eigenvalue weighted by Crippen LogP contribution is 2.30. The van der Waals surface area contributed by atoms with Gasteiger partial charge in [0.05, 0.1) is 10.6 Å². The zero-order valence-electron chi connectivity index (χ0n) is 23.5. The molecule has 2 amide bonds. The molecule has 0 heterocycles. The third-order valence-electron chi connectivity index (χ3n) is 6.29. The van der Waals surface area contributed by atoms with Crippen LogP contribution in [0, 0.1) is 19.7 Å². The molecule has 0 fully saturated rings. The Hall–Kier alpha value is -3.43. The maximum absolute atomic E-state index is 14.7. The van der Waals surface area contributed by atoms with Crippen LogP contribution in [0.25, 0.3) is 0 Å². The number of benzene rings is 3. The molecule has 214 valence electrons. The molecule has 1 atom stereocenters. The number of nitrogens with one attached hydrogen (secondary N) is 1. The van der Waals surface area contributed by atoms with Crippen LogP contribution in [-0.4, -0.2) is 43.3 Å². The van der Waals surface area contributed by atoms with E-state index in [0.717, 1.165) is 9.87 Å². The third kappa shape index (κ3) is 7.61. The first-order valence-corrected chi connectivity index (χ1v) is 14.6. The van der Waals surface area contributed by atoms with Gasteiger partial charge in [-0.05, 0) is 77.4 Å². The standard InChI is InChI=1S/C30H35ClFN3O4S/c1-20-11-15-25(16-12-20)40(38,39)35(27-17-24(31)14-13-21(27)2)19-28(36)34(18-23-9-7-8-10-26(23)32)22(3)29(37)33-30(4,5)6/h7-17,22H,18-19H2,1-6H3,(H,33,37)/t22-/m1/s1. The lowest BCUT2D eigenvalue weighted by Crippen LogP contribution is -2.54. The lowest BCUT2D eigenvalue weighted by molar-refractivity contribution is -0.140. The van der Waals surface area contributed by atoms with Crippen molar-refractivity contribution in [2.24, 2.45) is 0 Å². The van der Waals surface area contributed by atoms with Gasteiger partial charge in [-0.2, -0.15) is 0 Å². The van der Waals surface area contributed by atoms with E-state index in [2.05, 4.69) is 5.32 Å². The quantitative estimate of drug-likeness (QED) is 0.352. The summed E-state index contributed by atoms with van der Waals surface area (Å²) in [6, 6.07) is 16.0. The highest BCUT2D eigenvalue weighted by Gasteiger charge is 2.34. The van der Waals surface area contributed by atoms with E-state index in [-0.39, 0.29) is 22.7 Å². The summed E-state index contributed by atoms with van der Waals surface area (Å²) in [5.41, 5.74) is 1.27. The fourth-order valence-electron chi connectivity index (χ4n) is 4.07. The normalized spacial score (nSPS) is 12.5. The smallest absolute Gasteiger partial charge is 0.264 e. The van der Waals surface area contributed by atoms with Crippen molar-refractivity contribution in [3.63, 3.8) is 0 Å². The van der Waals surface area contributed by atoms with Crippen LogP contribution in [0.3, 0.4) is 0 Å². The Balaban J connectivity index is 2.09. The molecule has 40 heavy (non-hydrogen) atoms. The molecule has 0 aliphatic heterocycles. The number of rotatable bonds is 9. The van der Waals surface area contributed by atoms with Gasteiger partial charge in [-0.3, -0.25) is 13.9 Å². The Morgan fingerprint density at radius 2 is 1.62 bits per heavy atom. The number of anilines is 1. The Morgan fingerprint density at radius 3 is 2.23 bits per heavy atom. The van der Waals surface area contributed by atoms with Crippen molar-refractivity contribution in [2.45, 2.75) is 64.6 Å². The second-order valence-electron chi connectivity index (χ2n) is 10.8. The lowest BCUT2D eigenvalue weighted by atomic mass is 10.1. The minimum atomic E-state index is -4.24. The third-order valence-corrected chi connectivity index (χ3v) is 8.30. The van der Waals surface area contributed by atoms with Gasteiger partial charge in [-0.25, -0.2) is 12.8 Å². The van der Waals surface area contributed by atoms with E-state index in [4.69, 9.17) is 11.6 Å². The van der Waals surface area contributed by atoms with Crippen LogP contribution in [0.2, 0.25) is 5.02 Å². The first-order chi connectivity index (χ1) is 18.6. The number of hydrogen-bond acceptors (Lipinski definition) is 4. The Bertz CT molecular complexity index is 1490. The lowest BCUT2D eigenvalue weighted by Gasteiger charge is -2.34. The summed E-state index contributed by atoms with van der Waals surface area (Å²) in [6.45, 7) is 9.61. The van der Waals surface area contributed by atoms with E-state index < -0.39 is 45.8 Å². The summed E-state index contributed by atoms with van der Waals surface area (Å²) in [6.07, 6.45) is 0. The highest BCUT2D eigenvalue weighted by molar-refractivity contribution is 7.92. The molecule has 0 radical (unpaired) electrons. The van der Waals surface area contributed by atoms with Gasteiger partial charge in [-0.15, -0.1) is 0 Å². The molecule has 3 aromatic carbocycles. The number of carbonyl (C=O) groups is 2. The van der Waals surface area contributed by atoms with Gasteiger partial charge in [0.1, 0.15) is 18.4 Å². The van der Waals surface area contributed by atoms with E-state index in [1.165, 1.54) is 48.2 Å². The van der Waals surface area contributed by atoms with Gasteiger partial charge in [0.15, 0.2) is 0 Å². The molecule has 3 aromatic rings. The maximum atomic E-state index is 14.7. The second kappa shape index (κ2) is 12.4. The van der Waals surface area contributed by atoms with Gasteiger partial charge in [0.2, 0.25) is 11.8 Å². The maximum Gasteiger partial charge on any atom is 0.264 e. The van der Waals surface area contributed by atoms with Crippen molar-refractivity contribution in [3.05, 3.63) is 94.3 Å². The Labute approximate surface area is 241 Å². The molecule has 7 nitrogen and oxygen atoms in total. The summed E-state index contributed by atoms with van der Waals surface area (Å²) in [5, 5.41) is 3.13. The first-order valence-electron chi connectivity index (χ1n) is 12.8. The van der Waals surface area contributed by atoms with Crippen molar-refractivity contribution in [1.82, 2.24) is 10.2 Å². The predicted octanol–water partition coefficient (Wildman–Crippen LogP) is 5.62. The van der Waals surface area contributed by atoms with Crippen molar-refractivity contribution in [3.8, 4) is 0 Å². The number of halogens is 2. The van der Waals surface area contributed by atoms with Crippen molar-refractivity contribution >= 4 is 39.1 Å². The SMILES string of the molecule is Cc1ccc(S(=O)(=O)N(CC(=O)N(Cc2ccccc2F)[C@H](C)C(=O)NC(C)(C)C)c2cc(Cl)ccc2C)cc1. The number of carbonyl (C=O) groups excluding carboxylic acids is 2. The van der Waals surface area contributed by atoms with Gasteiger partial charge in [0.25, 0.3) is 10.0 Å². The van der Waals surface area contributed by atoms with Crippen molar-refractivity contribution in [2.75, 3.05) is 10.8 Å². The summed E-state index contributed by atoms with van der Waals surface area (Å²) < 4.78 is 43.5. The second-order valence-corrected chi connectivity index (χ2v) is 13.1. The minimum Gasteiger partial charge on any atom is -0.350 e. The van der Waals surface area contributed by atoms with E-state index in [0.29, 0.717) is 10.6 Å². The molecule has 0 unspecified atom stereocenters. The predicted molar refractivity (Wildman–Crippen MR) is 156 cm³/mol. The molecule has 0 saturated carbocycles. The number of sulfonamides is 1. The van der Waals surface area contributed by atoms with Crippen LogP contribution in [0.15, 0.2) is 71.6 Å². The molecular weight excluding hydrogens is 553 g/mol. The van der Waals surface area contributed by atoms with Gasteiger partial charge in [-0.1, -0.05) is 53.6 Å². The number of hydrogen-bond donors (Lipinski definition) is 1. The summed E-state index contributed by atoms with van der Waals surface area (Å²) in [7, 11) is -4.24. The van der Waals surface area contributed by atoms with E-state index in [1.807, 2.05) is 6.92 Å². The minimum absolute atomic E-state index is 0.00977. The number of aryl methyl sites for hydroxylation is 2. The number of amides is 2. The molecule has 0 aliphatic carbocycles. The van der Waals surface area contributed by atoms with Crippen molar-refractivity contribution in [1.29, 1.82) is 0 Å². The fraction of sp³-hybridized carbons (Fsp3) is 0.333. The van der Waals surface area contributed by atoms with Crippen LogP contribution in [0.5, 0.6) is 0 Å². The average Bonchev–Trinajstić information content (AvgIpc) is 2.87. The largest absolute Gasteiger partial charge is 0.350 e. The van der Waals surface area contributed by atoms with Gasteiger partial charge >= 0.3 is 0 Å². The van der Waals surface area contributed by atoms with E-state index in [1.54, 1.807) is 58.0 Å². The van der Waals surface area contributed by atoms with Gasteiger partial charge < -0.3 is 10.2 Å². The fourth-order valence-corrected chi connectivity index (χ4v) is 5.71.